The Morgan fingerprint density at radius 3 is 1.92 bits per heavy atom. The minimum Gasteiger partial charge on any atom is -0.497 e. The first-order valence-corrected chi connectivity index (χ1v) is 8.48. The van der Waals surface area contributed by atoms with Gasteiger partial charge in [-0.25, -0.2) is 0 Å². The monoisotopic (exact) mass is 320 g/mol. The molecule has 0 radical (unpaired) electrons. The lowest BCUT2D eigenvalue weighted by atomic mass is 9.88. The van der Waals surface area contributed by atoms with Gasteiger partial charge in [-0.15, -0.1) is 0 Å². The van der Waals surface area contributed by atoms with E-state index in [1.165, 1.54) is 33.0 Å². The first kappa shape index (κ1) is 16.4. The molecule has 2 heteroatoms. The molecule has 0 spiro atoms. The van der Waals surface area contributed by atoms with Crippen LogP contribution in [-0.4, -0.2) is 14.2 Å². The van der Waals surface area contributed by atoms with Crippen LogP contribution in [-0.2, 0) is 12.8 Å². The van der Waals surface area contributed by atoms with E-state index in [2.05, 4.69) is 44.2 Å². The highest BCUT2D eigenvalue weighted by Crippen LogP contribution is 2.35. The van der Waals surface area contributed by atoms with Gasteiger partial charge >= 0.3 is 0 Å². The fourth-order valence-electron chi connectivity index (χ4n) is 3.45. The molecule has 24 heavy (non-hydrogen) atoms. The maximum atomic E-state index is 5.42. The summed E-state index contributed by atoms with van der Waals surface area (Å²) in [7, 11) is 3.42. The Morgan fingerprint density at radius 2 is 1.33 bits per heavy atom. The molecule has 3 aromatic rings. The standard InChI is InChI=1S/C22H24O2/c1-5-19-20(6-2)22-14-18(24-4)12-9-16(22)13-21(19)15-7-10-17(23-3)11-8-15/h7-14H,5-6H2,1-4H3. The van der Waals surface area contributed by atoms with Crippen LogP contribution in [0.15, 0.2) is 48.5 Å². The lowest BCUT2D eigenvalue weighted by molar-refractivity contribution is 0.415. The molecule has 0 atom stereocenters. The van der Waals surface area contributed by atoms with Crippen LogP contribution in [0, 0.1) is 0 Å². The first-order valence-electron chi connectivity index (χ1n) is 8.48. The van der Waals surface area contributed by atoms with E-state index in [9.17, 15) is 0 Å². The Morgan fingerprint density at radius 1 is 0.708 bits per heavy atom. The average molecular weight is 320 g/mol. The number of fused-ring (bicyclic) bond motifs is 1. The third-order valence-corrected chi connectivity index (χ3v) is 4.68. The number of ether oxygens (including phenoxy) is 2. The topological polar surface area (TPSA) is 18.5 Å². The van der Waals surface area contributed by atoms with Gasteiger partial charge in [-0.1, -0.05) is 32.0 Å². The van der Waals surface area contributed by atoms with Crippen LogP contribution in [0.25, 0.3) is 21.9 Å². The van der Waals surface area contributed by atoms with Crippen molar-refractivity contribution >= 4 is 10.8 Å². The molecule has 0 saturated heterocycles. The van der Waals surface area contributed by atoms with E-state index in [1.54, 1.807) is 14.2 Å². The van der Waals surface area contributed by atoms with Crippen LogP contribution < -0.4 is 9.47 Å². The second-order valence-electron chi connectivity index (χ2n) is 5.90. The number of hydrogen-bond donors (Lipinski definition) is 0. The molecule has 0 aliphatic rings. The predicted octanol–water partition coefficient (Wildman–Crippen LogP) is 5.65. The highest BCUT2D eigenvalue weighted by Gasteiger charge is 2.13. The summed E-state index contributed by atoms with van der Waals surface area (Å²) in [6, 6.07) is 17.0. The highest BCUT2D eigenvalue weighted by molar-refractivity contribution is 5.93. The Balaban J connectivity index is 2.26. The highest BCUT2D eigenvalue weighted by atomic mass is 16.5. The molecule has 0 amide bonds. The Labute approximate surface area is 144 Å². The second kappa shape index (κ2) is 6.96. The Bertz CT molecular complexity index is 848. The first-order chi connectivity index (χ1) is 11.7. The quantitative estimate of drug-likeness (QED) is 0.605. The number of methoxy groups -OCH3 is 2. The number of benzene rings is 3. The minimum absolute atomic E-state index is 0.887. The van der Waals surface area contributed by atoms with E-state index >= 15 is 0 Å². The van der Waals surface area contributed by atoms with Gasteiger partial charge in [0.25, 0.3) is 0 Å². The molecule has 3 aromatic carbocycles. The van der Waals surface area contributed by atoms with Crippen LogP contribution in [0.3, 0.4) is 0 Å². The van der Waals surface area contributed by atoms with Crippen molar-refractivity contribution in [3.63, 3.8) is 0 Å². The summed E-state index contributed by atoms with van der Waals surface area (Å²) in [6.07, 6.45) is 2.02. The third kappa shape index (κ3) is 2.84. The van der Waals surface area contributed by atoms with Crippen molar-refractivity contribution in [2.24, 2.45) is 0 Å². The summed E-state index contributed by atoms with van der Waals surface area (Å²) in [5.41, 5.74) is 5.39. The normalized spacial score (nSPS) is 10.8. The van der Waals surface area contributed by atoms with Gasteiger partial charge in [0, 0.05) is 0 Å². The van der Waals surface area contributed by atoms with E-state index in [0.717, 1.165) is 24.3 Å². The van der Waals surface area contributed by atoms with Crippen LogP contribution in [0.5, 0.6) is 11.5 Å². The smallest absolute Gasteiger partial charge is 0.119 e. The van der Waals surface area contributed by atoms with E-state index in [4.69, 9.17) is 9.47 Å². The fraction of sp³-hybridized carbons (Fsp3) is 0.273. The van der Waals surface area contributed by atoms with Gasteiger partial charge in [-0.05, 0) is 76.2 Å². The van der Waals surface area contributed by atoms with Gasteiger partial charge < -0.3 is 9.47 Å². The molecule has 0 aliphatic heterocycles. The SMILES string of the molecule is CCc1c(-c2ccc(OC)cc2)cc2ccc(OC)cc2c1CC. The third-order valence-electron chi connectivity index (χ3n) is 4.68. The zero-order valence-electron chi connectivity index (χ0n) is 14.8. The van der Waals surface area contributed by atoms with E-state index in [1.807, 2.05) is 18.2 Å². The summed E-state index contributed by atoms with van der Waals surface area (Å²) in [5, 5.41) is 2.56. The largest absolute Gasteiger partial charge is 0.497 e. The van der Waals surface area contributed by atoms with Crippen LogP contribution in [0.2, 0.25) is 0 Å². The maximum Gasteiger partial charge on any atom is 0.119 e. The molecular formula is C22H24O2. The van der Waals surface area contributed by atoms with E-state index in [0.29, 0.717) is 0 Å². The van der Waals surface area contributed by atoms with Gasteiger partial charge in [-0.3, -0.25) is 0 Å². The maximum absolute atomic E-state index is 5.42. The van der Waals surface area contributed by atoms with E-state index in [-0.39, 0.29) is 0 Å². The molecule has 0 aliphatic carbocycles. The van der Waals surface area contributed by atoms with Crippen molar-refractivity contribution in [1.82, 2.24) is 0 Å². The minimum atomic E-state index is 0.887. The second-order valence-corrected chi connectivity index (χ2v) is 5.90. The van der Waals surface area contributed by atoms with Crippen LogP contribution >= 0.6 is 0 Å². The summed E-state index contributed by atoms with van der Waals surface area (Å²) < 4.78 is 10.7. The number of aryl methyl sites for hydroxylation is 1. The predicted molar refractivity (Wildman–Crippen MR) is 101 cm³/mol. The van der Waals surface area contributed by atoms with Gasteiger partial charge in [0.15, 0.2) is 0 Å². The van der Waals surface area contributed by atoms with Gasteiger partial charge in [0.1, 0.15) is 11.5 Å². The molecule has 3 rings (SSSR count). The molecule has 0 saturated carbocycles. The molecule has 0 N–H and O–H groups in total. The molecule has 0 unspecified atom stereocenters. The van der Waals surface area contributed by atoms with Crippen molar-refractivity contribution in [1.29, 1.82) is 0 Å². The average Bonchev–Trinajstić information content (AvgIpc) is 2.65. The fourth-order valence-corrected chi connectivity index (χ4v) is 3.45. The summed E-state index contributed by atoms with van der Waals surface area (Å²) in [4.78, 5) is 0. The molecule has 2 nitrogen and oxygen atoms in total. The lowest BCUT2D eigenvalue weighted by Crippen LogP contribution is -1.98. The van der Waals surface area contributed by atoms with Crippen molar-refractivity contribution in [2.75, 3.05) is 14.2 Å². The molecule has 0 fully saturated rings. The van der Waals surface area contributed by atoms with Gasteiger partial charge in [0.2, 0.25) is 0 Å². The number of hydrogen-bond acceptors (Lipinski definition) is 2. The van der Waals surface area contributed by atoms with Gasteiger partial charge in [-0.2, -0.15) is 0 Å². The van der Waals surface area contributed by atoms with Crippen LogP contribution in [0.4, 0.5) is 0 Å². The van der Waals surface area contributed by atoms with Gasteiger partial charge in [0.05, 0.1) is 14.2 Å². The van der Waals surface area contributed by atoms with E-state index < -0.39 is 0 Å². The van der Waals surface area contributed by atoms with Crippen molar-refractivity contribution in [3.8, 4) is 22.6 Å². The molecule has 0 aromatic heterocycles. The zero-order chi connectivity index (χ0) is 17.1. The summed E-state index contributed by atoms with van der Waals surface area (Å²) >= 11 is 0. The summed E-state index contributed by atoms with van der Waals surface area (Å²) in [5.74, 6) is 1.80. The molecule has 124 valence electrons. The van der Waals surface area contributed by atoms with Crippen molar-refractivity contribution < 1.29 is 9.47 Å². The Kier molecular flexibility index (Phi) is 4.75. The van der Waals surface area contributed by atoms with Crippen LogP contribution in [0.1, 0.15) is 25.0 Å². The molecule has 0 bridgehead atoms. The van der Waals surface area contributed by atoms with Crippen molar-refractivity contribution in [3.05, 3.63) is 59.7 Å². The molecule has 0 heterocycles. The number of rotatable bonds is 5. The van der Waals surface area contributed by atoms with Crippen molar-refractivity contribution in [2.45, 2.75) is 26.7 Å². The summed E-state index contributed by atoms with van der Waals surface area (Å²) in [6.45, 7) is 4.46. The molecular weight excluding hydrogens is 296 g/mol. The lowest BCUT2D eigenvalue weighted by Gasteiger charge is -2.17. The Hall–Kier alpha value is -2.48. The zero-order valence-corrected chi connectivity index (χ0v) is 14.8.